The van der Waals surface area contributed by atoms with Crippen LogP contribution in [0.3, 0.4) is 0 Å². The summed E-state index contributed by atoms with van der Waals surface area (Å²) < 4.78 is 5.50. The van der Waals surface area contributed by atoms with Crippen LogP contribution in [0, 0.1) is 0 Å². The van der Waals surface area contributed by atoms with Crippen molar-refractivity contribution in [2.45, 2.75) is 373 Å². The summed E-state index contributed by atoms with van der Waals surface area (Å²) in [6.45, 7) is 4.92. The second-order valence-electron chi connectivity index (χ2n) is 22.5. The van der Waals surface area contributed by atoms with Gasteiger partial charge < -0.3 is 20.3 Å². The molecule has 0 rings (SSSR count). The third kappa shape index (κ3) is 57.6. The zero-order valence-corrected chi connectivity index (χ0v) is 48.7. The molecule has 6 nitrogen and oxygen atoms in total. The molecule has 0 bridgehead atoms. The molecule has 0 radical (unpaired) electrons. The summed E-state index contributed by atoms with van der Waals surface area (Å²) >= 11 is 0. The Morgan fingerprint density at radius 1 is 0.375 bits per heavy atom. The molecule has 426 valence electrons. The summed E-state index contributed by atoms with van der Waals surface area (Å²) in [6.07, 6.45) is 76.6. The van der Waals surface area contributed by atoms with Crippen LogP contribution in [0.4, 0.5) is 0 Å². The van der Waals surface area contributed by atoms with Gasteiger partial charge >= 0.3 is 5.97 Å². The van der Waals surface area contributed by atoms with Crippen molar-refractivity contribution in [2.24, 2.45) is 0 Å². The minimum atomic E-state index is -0.846. The first-order valence-electron chi connectivity index (χ1n) is 32.6. The van der Waals surface area contributed by atoms with Crippen LogP contribution in [0.5, 0.6) is 0 Å². The van der Waals surface area contributed by atoms with Gasteiger partial charge in [-0.3, -0.25) is 9.59 Å². The number of nitrogens with one attached hydrogen (secondary N) is 1. The summed E-state index contributed by atoms with van der Waals surface area (Å²) in [6, 6.07) is -0.630. The van der Waals surface area contributed by atoms with Crippen molar-refractivity contribution < 1.29 is 24.5 Å². The normalized spacial score (nSPS) is 12.7. The SMILES string of the molecule is CCCCCCCCCCCCC/C=C/C(O)C(CO)NC(=O)CCCCCCCCCC/C=C\CCCCCCCCCCCCCCOC(=O)CCCCCCCCCCCCCCCCCCCC. The number of carbonyl (C=O) groups excluding carboxylic acids is 2. The largest absolute Gasteiger partial charge is 0.466 e. The minimum absolute atomic E-state index is 0.0168. The van der Waals surface area contributed by atoms with Crippen LogP contribution in [0.25, 0.3) is 0 Å². The Morgan fingerprint density at radius 3 is 0.986 bits per heavy atom. The lowest BCUT2D eigenvalue weighted by atomic mass is 10.0. The van der Waals surface area contributed by atoms with Crippen molar-refractivity contribution in [3.63, 3.8) is 0 Å². The van der Waals surface area contributed by atoms with Crippen molar-refractivity contribution in [1.29, 1.82) is 0 Å². The first kappa shape index (κ1) is 70.3. The number of esters is 1. The maximum absolute atomic E-state index is 12.4. The lowest BCUT2D eigenvalue weighted by molar-refractivity contribution is -0.143. The van der Waals surface area contributed by atoms with E-state index in [1.165, 1.54) is 295 Å². The number of hydrogen-bond donors (Lipinski definition) is 3. The molecule has 0 spiro atoms. The van der Waals surface area contributed by atoms with Gasteiger partial charge in [-0.05, 0) is 57.8 Å². The third-order valence-corrected chi connectivity index (χ3v) is 15.2. The molecule has 2 unspecified atom stereocenters. The molecule has 0 saturated carbocycles. The highest BCUT2D eigenvalue weighted by Gasteiger charge is 2.18. The van der Waals surface area contributed by atoms with E-state index in [2.05, 4.69) is 31.3 Å². The first-order valence-corrected chi connectivity index (χ1v) is 32.6. The number of aliphatic hydroxyl groups is 2. The summed E-state index contributed by atoms with van der Waals surface area (Å²) in [5.74, 6) is -0.0547. The molecule has 0 aliphatic heterocycles. The van der Waals surface area contributed by atoms with Gasteiger partial charge in [0.15, 0.2) is 0 Å². The Balaban J connectivity index is 3.38. The molecule has 0 aromatic carbocycles. The average Bonchev–Trinajstić information content (AvgIpc) is 3.38. The number of hydrogen-bond acceptors (Lipinski definition) is 5. The Kier molecular flexibility index (Phi) is 60.5. The minimum Gasteiger partial charge on any atom is -0.466 e. The Morgan fingerprint density at radius 2 is 0.653 bits per heavy atom. The van der Waals surface area contributed by atoms with Crippen LogP contribution < -0.4 is 5.32 Å². The van der Waals surface area contributed by atoms with Crippen LogP contribution in [-0.4, -0.2) is 47.4 Å². The van der Waals surface area contributed by atoms with Crippen LogP contribution in [0.1, 0.15) is 361 Å². The molecule has 0 aliphatic rings. The molecule has 0 aromatic heterocycles. The van der Waals surface area contributed by atoms with Gasteiger partial charge in [0.25, 0.3) is 0 Å². The van der Waals surface area contributed by atoms with Crippen molar-refractivity contribution in [3.8, 4) is 0 Å². The third-order valence-electron chi connectivity index (χ3n) is 15.2. The summed E-state index contributed by atoms with van der Waals surface area (Å²) in [5, 5.41) is 23.1. The molecule has 0 saturated heterocycles. The topological polar surface area (TPSA) is 95.9 Å². The van der Waals surface area contributed by atoms with E-state index < -0.39 is 12.1 Å². The molecule has 2 atom stereocenters. The molecule has 6 heteroatoms. The van der Waals surface area contributed by atoms with Gasteiger partial charge in [-0.15, -0.1) is 0 Å². The molecule has 1 amide bonds. The molecule has 0 fully saturated rings. The highest BCUT2D eigenvalue weighted by atomic mass is 16.5. The number of ether oxygens (including phenoxy) is 1. The van der Waals surface area contributed by atoms with E-state index in [1.54, 1.807) is 6.08 Å². The second kappa shape index (κ2) is 61.9. The number of rotatable bonds is 61. The van der Waals surface area contributed by atoms with Crippen molar-refractivity contribution in [3.05, 3.63) is 24.3 Å². The highest BCUT2D eigenvalue weighted by Crippen LogP contribution is 2.18. The van der Waals surface area contributed by atoms with Gasteiger partial charge in [0.1, 0.15) is 0 Å². The number of aliphatic hydroxyl groups excluding tert-OH is 2. The van der Waals surface area contributed by atoms with E-state index in [-0.39, 0.29) is 18.5 Å². The van der Waals surface area contributed by atoms with Gasteiger partial charge in [0.2, 0.25) is 5.91 Å². The lowest BCUT2D eigenvalue weighted by Crippen LogP contribution is -2.45. The van der Waals surface area contributed by atoms with Crippen molar-refractivity contribution in [1.82, 2.24) is 5.32 Å². The second-order valence-corrected chi connectivity index (χ2v) is 22.5. The fourth-order valence-corrected chi connectivity index (χ4v) is 10.2. The fraction of sp³-hybridized carbons (Fsp3) is 0.909. The Bertz CT molecular complexity index is 1120. The fourth-order valence-electron chi connectivity index (χ4n) is 10.2. The quantitative estimate of drug-likeness (QED) is 0.0320. The van der Waals surface area contributed by atoms with Crippen LogP contribution in [0.2, 0.25) is 0 Å². The van der Waals surface area contributed by atoms with Crippen LogP contribution in [0.15, 0.2) is 24.3 Å². The van der Waals surface area contributed by atoms with Gasteiger partial charge in [-0.25, -0.2) is 0 Å². The van der Waals surface area contributed by atoms with Crippen molar-refractivity contribution in [2.75, 3.05) is 13.2 Å². The maximum atomic E-state index is 12.4. The molecular weight excluding hydrogens is 887 g/mol. The molecule has 3 N–H and O–H groups in total. The Hall–Kier alpha value is -1.66. The molecular formula is C66H127NO5. The van der Waals surface area contributed by atoms with Gasteiger partial charge in [-0.1, -0.05) is 314 Å². The predicted molar refractivity (Wildman–Crippen MR) is 315 cm³/mol. The van der Waals surface area contributed by atoms with Crippen LogP contribution >= 0.6 is 0 Å². The van der Waals surface area contributed by atoms with E-state index in [1.807, 2.05) is 6.08 Å². The van der Waals surface area contributed by atoms with E-state index in [4.69, 9.17) is 4.74 Å². The number of amides is 1. The molecule has 0 aliphatic carbocycles. The zero-order chi connectivity index (χ0) is 52.2. The standard InChI is InChI=1S/C66H127NO5/c1-3-5-7-9-11-13-15-17-18-19-29-32-36-40-44-48-52-56-60-66(71)72-61-57-53-49-45-41-37-33-30-27-25-23-21-20-22-24-26-28-31-35-39-43-47-51-55-59-65(70)67-63(62-68)64(69)58-54-50-46-42-38-34-16-14-12-10-8-6-4-2/h22,24,54,58,63-64,68-69H,3-21,23,25-53,55-57,59-62H2,1-2H3,(H,67,70)/b24-22-,58-54+. The van der Waals surface area contributed by atoms with E-state index in [9.17, 15) is 19.8 Å². The first-order chi connectivity index (χ1) is 35.5. The van der Waals surface area contributed by atoms with Gasteiger partial charge in [0, 0.05) is 12.8 Å². The van der Waals surface area contributed by atoms with Gasteiger partial charge in [-0.2, -0.15) is 0 Å². The van der Waals surface area contributed by atoms with Crippen molar-refractivity contribution >= 4 is 11.9 Å². The van der Waals surface area contributed by atoms with E-state index in [0.717, 1.165) is 38.5 Å². The van der Waals surface area contributed by atoms with Crippen LogP contribution in [-0.2, 0) is 14.3 Å². The van der Waals surface area contributed by atoms with E-state index in [0.29, 0.717) is 19.4 Å². The molecule has 72 heavy (non-hydrogen) atoms. The maximum Gasteiger partial charge on any atom is 0.305 e. The Labute approximate surface area is 450 Å². The van der Waals surface area contributed by atoms with E-state index >= 15 is 0 Å². The smallest absolute Gasteiger partial charge is 0.305 e. The van der Waals surface area contributed by atoms with Gasteiger partial charge in [0.05, 0.1) is 25.4 Å². The number of unbranched alkanes of at least 4 members (excludes halogenated alkanes) is 48. The number of allylic oxidation sites excluding steroid dienone is 3. The highest BCUT2D eigenvalue weighted by molar-refractivity contribution is 5.76. The summed E-state index contributed by atoms with van der Waals surface area (Å²) in [4.78, 5) is 24.5. The monoisotopic (exact) mass is 1010 g/mol. The number of carbonyl (C=O) groups is 2. The molecule has 0 heterocycles. The molecule has 0 aromatic rings. The predicted octanol–water partition coefficient (Wildman–Crippen LogP) is 20.6. The summed E-state index contributed by atoms with van der Waals surface area (Å²) in [7, 11) is 0. The zero-order valence-electron chi connectivity index (χ0n) is 48.7. The lowest BCUT2D eigenvalue weighted by Gasteiger charge is -2.20. The average molecular weight is 1010 g/mol. The summed E-state index contributed by atoms with van der Waals surface area (Å²) in [5.41, 5.74) is 0.